The van der Waals surface area contributed by atoms with E-state index >= 15 is 0 Å². The largest absolute Gasteiger partial charge is 0.481 e. The van der Waals surface area contributed by atoms with Gasteiger partial charge in [-0.05, 0) is 53.1 Å². The minimum Gasteiger partial charge on any atom is -0.481 e. The minimum absolute atomic E-state index is 0.480. The van der Waals surface area contributed by atoms with Crippen LogP contribution in [0.1, 0.15) is 36.8 Å². The molecule has 3 nitrogen and oxygen atoms in total. The molecule has 0 saturated carbocycles. The zero-order chi connectivity index (χ0) is 14.6. The van der Waals surface area contributed by atoms with Crippen molar-refractivity contribution in [2.24, 2.45) is 0 Å². The Hall–Kier alpha value is -1.03. The second kappa shape index (κ2) is 6.62. The van der Waals surface area contributed by atoms with Gasteiger partial charge in [0.1, 0.15) is 13.3 Å². The molecule has 1 fully saturated rings. The summed E-state index contributed by atoms with van der Waals surface area (Å²) in [7, 11) is 1.98. The van der Waals surface area contributed by atoms with Crippen molar-refractivity contribution in [1.29, 1.82) is 5.26 Å². The summed E-state index contributed by atoms with van der Waals surface area (Å²) in [6.45, 7) is 0. The molecule has 5 heteroatoms. The summed E-state index contributed by atoms with van der Waals surface area (Å²) in [5, 5.41) is 18.0. The van der Waals surface area contributed by atoms with Crippen molar-refractivity contribution in [2.45, 2.75) is 43.7 Å². The number of hydrogen-bond donors (Lipinski definition) is 1. The molecular formula is C15H16BINO2. The highest BCUT2D eigenvalue weighted by atomic mass is 127. The normalized spacial score (nSPS) is 22.4. The average Bonchev–Trinajstić information content (AvgIpc) is 2.67. The van der Waals surface area contributed by atoms with Gasteiger partial charge in [-0.2, -0.15) is 5.26 Å². The van der Waals surface area contributed by atoms with Gasteiger partial charge < -0.3 is 5.11 Å². The van der Waals surface area contributed by atoms with Crippen LogP contribution in [0.15, 0.2) is 18.2 Å². The maximum absolute atomic E-state index is 11.8. The zero-order valence-corrected chi connectivity index (χ0v) is 13.4. The van der Waals surface area contributed by atoms with Gasteiger partial charge in [0.25, 0.3) is 0 Å². The van der Waals surface area contributed by atoms with Crippen molar-refractivity contribution in [1.82, 2.24) is 0 Å². The minimum atomic E-state index is -0.768. The van der Waals surface area contributed by atoms with Gasteiger partial charge in [-0.25, -0.2) is 0 Å². The van der Waals surface area contributed by atoms with Crippen molar-refractivity contribution in [3.05, 3.63) is 32.9 Å². The van der Waals surface area contributed by atoms with Crippen molar-refractivity contribution >= 4 is 35.8 Å². The van der Waals surface area contributed by atoms with Crippen LogP contribution in [0.2, 0.25) is 11.6 Å². The second-order valence-electron chi connectivity index (χ2n) is 5.37. The first-order valence-corrected chi connectivity index (χ1v) is 7.91. The fraction of sp³-hybridized carbons (Fsp3) is 0.467. The van der Waals surface area contributed by atoms with Gasteiger partial charge in [0.05, 0.1) is 5.56 Å². The van der Waals surface area contributed by atoms with Crippen LogP contribution in [0.4, 0.5) is 0 Å². The third kappa shape index (κ3) is 3.35. The lowest BCUT2D eigenvalue weighted by Gasteiger charge is -2.27. The van der Waals surface area contributed by atoms with E-state index in [9.17, 15) is 9.90 Å². The quantitative estimate of drug-likeness (QED) is 0.644. The Morgan fingerprint density at radius 1 is 1.45 bits per heavy atom. The summed E-state index contributed by atoms with van der Waals surface area (Å²) in [6, 6.07) is 7.81. The summed E-state index contributed by atoms with van der Waals surface area (Å²) in [5.41, 5.74) is 1.56. The van der Waals surface area contributed by atoms with Crippen LogP contribution in [0, 0.1) is 14.9 Å². The van der Waals surface area contributed by atoms with E-state index in [-0.39, 0.29) is 0 Å². The Kier molecular flexibility index (Phi) is 5.08. The number of carboxylic acid groups (broad SMARTS) is 1. The Morgan fingerprint density at radius 3 is 2.95 bits per heavy atom. The summed E-state index contributed by atoms with van der Waals surface area (Å²) in [4.78, 5) is 11.8. The molecule has 1 radical (unpaired) electrons. The number of hydrogen-bond acceptors (Lipinski definition) is 2. The molecule has 1 saturated heterocycles. The van der Waals surface area contributed by atoms with Gasteiger partial charge in [-0.3, -0.25) is 4.79 Å². The zero-order valence-electron chi connectivity index (χ0n) is 11.2. The summed E-state index contributed by atoms with van der Waals surface area (Å²) >= 11 is 2.12. The Balaban J connectivity index is 2.28. The molecule has 0 spiro atoms. The molecule has 0 amide bonds. The van der Waals surface area contributed by atoms with Crippen molar-refractivity contribution in [3.8, 4) is 6.07 Å². The maximum atomic E-state index is 11.8. The number of benzene rings is 1. The summed E-state index contributed by atoms with van der Waals surface area (Å²) in [5.74, 6) is -0.739. The highest BCUT2D eigenvalue weighted by Gasteiger charge is 2.39. The molecule has 0 aromatic heterocycles. The Morgan fingerprint density at radius 2 is 2.25 bits per heavy atom. The Bertz CT molecular complexity index is 545. The molecule has 1 atom stereocenters. The molecule has 1 unspecified atom stereocenters. The SMILES string of the molecule is N#Cc1cc(CC2(C(=O)O)[B]CCCCC2)ccc1I. The standard InChI is InChI=1S/C15H16BINO2/c17-13-5-4-11(8-12(13)10-18)9-15(14(19)20)6-2-1-3-7-16-15/h4-5,8H,1-3,6-7,9H2,(H,19,20). The molecule has 0 bridgehead atoms. The lowest BCUT2D eigenvalue weighted by atomic mass is 9.47. The molecule has 1 heterocycles. The van der Waals surface area contributed by atoms with Gasteiger partial charge in [0.2, 0.25) is 0 Å². The monoisotopic (exact) mass is 380 g/mol. The van der Waals surface area contributed by atoms with E-state index in [4.69, 9.17) is 5.26 Å². The highest BCUT2D eigenvalue weighted by Crippen LogP contribution is 2.40. The van der Waals surface area contributed by atoms with E-state index in [0.717, 1.165) is 34.7 Å². The van der Waals surface area contributed by atoms with Gasteiger partial charge in [-0.1, -0.05) is 31.6 Å². The number of halogens is 1. The van der Waals surface area contributed by atoms with Gasteiger partial charge in [-0.15, -0.1) is 0 Å². The summed E-state index contributed by atoms with van der Waals surface area (Å²) in [6.07, 6.45) is 5.16. The fourth-order valence-corrected chi connectivity index (χ4v) is 3.26. The van der Waals surface area contributed by atoms with E-state index < -0.39 is 11.3 Å². The van der Waals surface area contributed by atoms with Crippen molar-refractivity contribution < 1.29 is 9.90 Å². The van der Waals surface area contributed by atoms with E-state index in [0.29, 0.717) is 18.4 Å². The van der Waals surface area contributed by atoms with Crippen LogP contribution in [-0.4, -0.2) is 18.4 Å². The van der Waals surface area contributed by atoms with Gasteiger partial charge in [0, 0.05) is 8.88 Å². The number of carboxylic acids is 1. The predicted molar refractivity (Wildman–Crippen MR) is 86.9 cm³/mol. The van der Waals surface area contributed by atoms with Crippen LogP contribution in [0.25, 0.3) is 0 Å². The number of carbonyl (C=O) groups is 1. The maximum Gasteiger partial charge on any atom is 0.301 e. The number of nitriles is 1. The number of aliphatic carboxylic acids is 1. The van der Waals surface area contributed by atoms with Crippen LogP contribution in [0.3, 0.4) is 0 Å². The fourth-order valence-electron chi connectivity index (χ4n) is 2.80. The van der Waals surface area contributed by atoms with E-state index in [2.05, 4.69) is 28.7 Å². The smallest absolute Gasteiger partial charge is 0.301 e. The van der Waals surface area contributed by atoms with E-state index in [1.807, 2.05) is 25.5 Å². The lowest BCUT2D eigenvalue weighted by molar-refractivity contribution is -0.141. The summed E-state index contributed by atoms with van der Waals surface area (Å²) < 4.78 is 0.906. The van der Waals surface area contributed by atoms with E-state index in [1.165, 1.54) is 0 Å². The lowest BCUT2D eigenvalue weighted by Crippen LogP contribution is -2.31. The van der Waals surface area contributed by atoms with Crippen LogP contribution in [-0.2, 0) is 11.2 Å². The first-order chi connectivity index (χ1) is 9.57. The first kappa shape index (κ1) is 15.4. The molecule has 1 N–H and O–H groups in total. The number of rotatable bonds is 3. The third-order valence-electron chi connectivity index (χ3n) is 3.96. The highest BCUT2D eigenvalue weighted by molar-refractivity contribution is 14.1. The number of nitrogens with zero attached hydrogens (tertiary/aromatic N) is 1. The molecule has 20 heavy (non-hydrogen) atoms. The van der Waals surface area contributed by atoms with Crippen molar-refractivity contribution in [3.63, 3.8) is 0 Å². The van der Waals surface area contributed by atoms with Crippen LogP contribution >= 0.6 is 22.6 Å². The molecular weight excluding hydrogens is 364 g/mol. The molecule has 1 aliphatic heterocycles. The van der Waals surface area contributed by atoms with E-state index in [1.54, 1.807) is 0 Å². The average molecular weight is 380 g/mol. The van der Waals surface area contributed by atoms with Crippen molar-refractivity contribution in [2.75, 3.05) is 0 Å². The predicted octanol–water partition coefficient (Wildman–Crippen LogP) is 3.65. The van der Waals surface area contributed by atoms with Crippen LogP contribution in [0.5, 0.6) is 0 Å². The molecule has 103 valence electrons. The molecule has 2 rings (SSSR count). The molecule has 1 aromatic rings. The molecule has 1 aliphatic rings. The topological polar surface area (TPSA) is 61.1 Å². The van der Waals surface area contributed by atoms with Gasteiger partial charge in [0.15, 0.2) is 0 Å². The Labute approximate surface area is 133 Å². The molecule has 1 aromatic carbocycles. The van der Waals surface area contributed by atoms with Crippen LogP contribution < -0.4 is 0 Å². The van der Waals surface area contributed by atoms with Gasteiger partial charge >= 0.3 is 5.97 Å². The molecule has 0 aliphatic carbocycles. The second-order valence-corrected chi connectivity index (χ2v) is 6.53. The first-order valence-electron chi connectivity index (χ1n) is 6.84. The third-order valence-corrected chi connectivity index (χ3v) is 4.90.